The van der Waals surface area contributed by atoms with E-state index in [1.54, 1.807) is 26.1 Å². The number of nitrogens with zero attached hydrogens (tertiary/aromatic N) is 2. The molecule has 1 amide bonds. The van der Waals surface area contributed by atoms with Gasteiger partial charge in [0.2, 0.25) is 5.91 Å². The molecule has 2 fully saturated rings. The van der Waals surface area contributed by atoms with Gasteiger partial charge in [0.15, 0.2) is 0 Å². The average molecular weight is 348 g/mol. The van der Waals surface area contributed by atoms with Crippen molar-refractivity contribution in [1.29, 1.82) is 0 Å². The van der Waals surface area contributed by atoms with E-state index >= 15 is 0 Å². The fraction of sp³-hybridized carbons (Fsp3) is 0.632. The van der Waals surface area contributed by atoms with Gasteiger partial charge in [-0.15, -0.1) is 0 Å². The molecule has 1 saturated carbocycles. The van der Waals surface area contributed by atoms with Crippen LogP contribution in [0.25, 0.3) is 0 Å². The highest BCUT2D eigenvalue weighted by atomic mass is 16.5. The van der Waals surface area contributed by atoms with Crippen LogP contribution in [0, 0.1) is 0 Å². The zero-order valence-corrected chi connectivity index (χ0v) is 15.3. The van der Waals surface area contributed by atoms with Crippen molar-refractivity contribution in [2.24, 2.45) is 0 Å². The Labute approximate surface area is 149 Å². The second-order valence-electron chi connectivity index (χ2n) is 6.94. The van der Waals surface area contributed by atoms with Crippen LogP contribution in [-0.2, 0) is 20.8 Å². The summed E-state index contributed by atoms with van der Waals surface area (Å²) in [5.41, 5.74) is 1.24. The van der Waals surface area contributed by atoms with Gasteiger partial charge in [-0.2, -0.15) is 0 Å². The Hall–Kier alpha value is -1.63. The SMILES string of the molecule is COc1cccc(CN2CCO[C@H]3[C@H](OCC(=O)N(C)C)CC[C@@H]32)c1. The van der Waals surface area contributed by atoms with Crippen LogP contribution in [0.3, 0.4) is 0 Å². The second kappa shape index (κ2) is 8.17. The van der Waals surface area contributed by atoms with Crippen molar-refractivity contribution in [1.82, 2.24) is 9.80 Å². The summed E-state index contributed by atoms with van der Waals surface area (Å²) in [6, 6.07) is 8.56. The van der Waals surface area contributed by atoms with Gasteiger partial charge in [0.1, 0.15) is 12.4 Å². The van der Waals surface area contributed by atoms with Gasteiger partial charge in [-0.3, -0.25) is 9.69 Å². The molecule has 3 atom stereocenters. The number of ether oxygens (including phenoxy) is 3. The van der Waals surface area contributed by atoms with Gasteiger partial charge in [0.25, 0.3) is 0 Å². The van der Waals surface area contributed by atoms with E-state index < -0.39 is 0 Å². The highest BCUT2D eigenvalue weighted by molar-refractivity contribution is 5.76. The zero-order valence-electron chi connectivity index (χ0n) is 15.3. The molecule has 0 aromatic heterocycles. The van der Waals surface area contributed by atoms with Crippen LogP contribution in [-0.4, -0.2) is 74.9 Å². The monoisotopic (exact) mass is 348 g/mol. The quantitative estimate of drug-likeness (QED) is 0.780. The average Bonchev–Trinajstić information content (AvgIpc) is 3.04. The standard InChI is InChI=1S/C19H28N2O4/c1-20(2)18(22)13-25-17-8-7-16-19(17)24-10-9-21(16)12-14-5-4-6-15(11-14)23-3/h4-6,11,16-17,19H,7-10,12-13H2,1-3H3/t16-,17+,19+/m0/s1. The smallest absolute Gasteiger partial charge is 0.248 e. The van der Waals surface area contributed by atoms with Crippen molar-refractivity contribution in [2.75, 3.05) is 41.0 Å². The topological polar surface area (TPSA) is 51.2 Å². The minimum atomic E-state index is -0.00695. The lowest BCUT2D eigenvalue weighted by Crippen LogP contribution is -2.51. The van der Waals surface area contributed by atoms with E-state index in [9.17, 15) is 4.79 Å². The number of amides is 1. The van der Waals surface area contributed by atoms with Crippen LogP contribution < -0.4 is 4.74 Å². The van der Waals surface area contributed by atoms with Gasteiger partial charge in [0, 0.05) is 33.2 Å². The molecular weight excluding hydrogens is 320 g/mol. The third-order valence-electron chi connectivity index (χ3n) is 5.09. The number of hydrogen-bond acceptors (Lipinski definition) is 5. The second-order valence-corrected chi connectivity index (χ2v) is 6.94. The van der Waals surface area contributed by atoms with Crippen LogP contribution >= 0.6 is 0 Å². The van der Waals surface area contributed by atoms with Gasteiger partial charge in [-0.05, 0) is 30.5 Å². The van der Waals surface area contributed by atoms with E-state index in [1.165, 1.54) is 5.56 Å². The highest BCUT2D eigenvalue weighted by Gasteiger charge is 2.43. The minimum absolute atomic E-state index is 0.00186. The molecule has 3 rings (SSSR count). The first-order valence-electron chi connectivity index (χ1n) is 8.89. The molecule has 1 aliphatic carbocycles. The van der Waals surface area contributed by atoms with E-state index in [2.05, 4.69) is 17.0 Å². The normalized spacial score (nSPS) is 26.3. The number of carbonyl (C=O) groups is 1. The fourth-order valence-electron chi connectivity index (χ4n) is 3.68. The molecule has 6 nitrogen and oxygen atoms in total. The largest absolute Gasteiger partial charge is 0.497 e. The van der Waals surface area contributed by atoms with Crippen molar-refractivity contribution in [3.63, 3.8) is 0 Å². The van der Waals surface area contributed by atoms with E-state index in [-0.39, 0.29) is 24.7 Å². The Morgan fingerprint density at radius 3 is 2.96 bits per heavy atom. The van der Waals surface area contributed by atoms with Gasteiger partial charge in [0.05, 0.1) is 25.9 Å². The number of likely N-dealkylation sites (N-methyl/N-ethyl adjacent to an activating group) is 1. The Morgan fingerprint density at radius 1 is 1.36 bits per heavy atom. The highest BCUT2D eigenvalue weighted by Crippen LogP contribution is 2.33. The minimum Gasteiger partial charge on any atom is -0.497 e. The van der Waals surface area contributed by atoms with Crippen LogP contribution in [0.15, 0.2) is 24.3 Å². The first-order valence-corrected chi connectivity index (χ1v) is 8.89. The summed E-state index contributed by atoms with van der Waals surface area (Å²) in [6.07, 6.45) is 2.02. The first kappa shape index (κ1) is 18.2. The van der Waals surface area contributed by atoms with Crippen LogP contribution in [0.5, 0.6) is 5.75 Å². The van der Waals surface area contributed by atoms with Crippen molar-refractivity contribution < 1.29 is 19.0 Å². The molecule has 138 valence electrons. The maximum atomic E-state index is 11.8. The lowest BCUT2D eigenvalue weighted by molar-refractivity contribution is -0.144. The van der Waals surface area contributed by atoms with Crippen molar-refractivity contribution in [3.05, 3.63) is 29.8 Å². The summed E-state index contributed by atoms with van der Waals surface area (Å²) in [5.74, 6) is 0.879. The van der Waals surface area contributed by atoms with E-state index in [0.29, 0.717) is 12.6 Å². The molecule has 1 aromatic carbocycles. The van der Waals surface area contributed by atoms with E-state index in [1.807, 2.05) is 12.1 Å². The molecule has 1 saturated heterocycles. The Bertz CT molecular complexity index is 593. The summed E-state index contributed by atoms with van der Waals surface area (Å²) in [6.45, 7) is 2.62. The summed E-state index contributed by atoms with van der Waals surface area (Å²) < 4.78 is 17.2. The van der Waals surface area contributed by atoms with Crippen LogP contribution in [0.4, 0.5) is 0 Å². The Kier molecular flexibility index (Phi) is 5.93. The maximum absolute atomic E-state index is 11.8. The lowest BCUT2D eigenvalue weighted by atomic mass is 10.1. The molecule has 0 bridgehead atoms. The number of benzene rings is 1. The van der Waals surface area contributed by atoms with Crippen molar-refractivity contribution in [3.8, 4) is 5.75 Å². The third-order valence-corrected chi connectivity index (χ3v) is 5.09. The van der Waals surface area contributed by atoms with Gasteiger partial charge >= 0.3 is 0 Å². The predicted molar refractivity (Wildman–Crippen MR) is 94.6 cm³/mol. The number of methoxy groups -OCH3 is 1. The number of carbonyl (C=O) groups excluding carboxylic acids is 1. The van der Waals surface area contributed by atoms with E-state index in [4.69, 9.17) is 14.2 Å². The van der Waals surface area contributed by atoms with Gasteiger partial charge in [-0.1, -0.05) is 12.1 Å². The summed E-state index contributed by atoms with van der Waals surface area (Å²) in [7, 11) is 5.18. The Balaban J connectivity index is 1.60. The maximum Gasteiger partial charge on any atom is 0.248 e. The molecule has 25 heavy (non-hydrogen) atoms. The van der Waals surface area contributed by atoms with E-state index in [0.717, 1.165) is 31.7 Å². The molecule has 0 radical (unpaired) electrons. The van der Waals surface area contributed by atoms with Crippen molar-refractivity contribution in [2.45, 2.75) is 37.6 Å². The van der Waals surface area contributed by atoms with Crippen LogP contribution in [0.2, 0.25) is 0 Å². The summed E-state index contributed by atoms with van der Waals surface area (Å²) in [5, 5.41) is 0. The summed E-state index contributed by atoms with van der Waals surface area (Å²) in [4.78, 5) is 15.8. The van der Waals surface area contributed by atoms with Crippen molar-refractivity contribution >= 4 is 5.91 Å². The van der Waals surface area contributed by atoms with Crippen LogP contribution in [0.1, 0.15) is 18.4 Å². The van der Waals surface area contributed by atoms with Gasteiger partial charge in [-0.25, -0.2) is 0 Å². The predicted octanol–water partition coefficient (Wildman–Crippen LogP) is 1.53. The number of morpholine rings is 1. The fourth-order valence-corrected chi connectivity index (χ4v) is 3.68. The molecule has 1 aromatic rings. The number of rotatable bonds is 6. The molecule has 6 heteroatoms. The molecule has 1 aliphatic heterocycles. The first-order chi connectivity index (χ1) is 12.1. The third kappa shape index (κ3) is 4.32. The molecule has 0 spiro atoms. The van der Waals surface area contributed by atoms with Gasteiger partial charge < -0.3 is 19.1 Å². The summed E-state index contributed by atoms with van der Waals surface area (Å²) >= 11 is 0. The molecule has 2 aliphatic rings. The lowest BCUT2D eigenvalue weighted by Gasteiger charge is -2.39. The molecule has 0 N–H and O–H groups in total. The zero-order chi connectivity index (χ0) is 17.8. The molecular formula is C19H28N2O4. The molecule has 1 heterocycles. The number of fused-ring (bicyclic) bond motifs is 1. The molecule has 0 unspecified atom stereocenters. The Morgan fingerprint density at radius 2 is 2.20 bits per heavy atom. The number of hydrogen-bond donors (Lipinski definition) is 0.